The summed E-state index contributed by atoms with van der Waals surface area (Å²) < 4.78 is 13.7. The number of carbonyl (C=O) groups excluding carboxylic acids is 2. The predicted molar refractivity (Wildman–Crippen MR) is 146 cm³/mol. The second kappa shape index (κ2) is 10.9. The molecule has 184 valence electrons. The van der Waals surface area contributed by atoms with E-state index in [2.05, 4.69) is 37.7 Å². The summed E-state index contributed by atoms with van der Waals surface area (Å²) in [6.45, 7) is 6.18. The molecule has 0 aliphatic heterocycles. The van der Waals surface area contributed by atoms with Gasteiger partial charge in [0.25, 0.3) is 5.91 Å². The maximum Gasteiger partial charge on any atom is 0.341 e. The third kappa shape index (κ3) is 5.16. The summed E-state index contributed by atoms with van der Waals surface area (Å²) in [7, 11) is 1.57. The Kier molecular flexibility index (Phi) is 7.95. The van der Waals surface area contributed by atoms with Gasteiger partial charge in [-0.1, -0.05) is 0 Å². The van der Waals surface area contributed by atoms with Gasteiger partial charge >= 0.3 is 5.97 Å². The highest BCUT2D eigenvalue weighted by molar-refractivity contribution is 14.1. The lowest BCUT2D eigenvalue weighted by Crippen LogP contribution is -2.17. The summed E-state index contributed by atoms with van der Waals surface area (Å²) in [4.78, 5) is 26.8. The van der Waals surface area contributed by atoms with Crippen LogP contribution < -0.4 is 10.2 Å². The maximum atomic E-state index is 12.9. The lowest BCUT2D eigenvalue weighted by Gasteiger charge is -2.13. The molecular formula is C26H28IN3O4S. The highest BCUT2D eigenvalue weighted by atomic mass is 127. The average molecular weight is 605 g/mol. The Morgan fingerprint density at radius 3 is 2.74 bits per heavy atom. The molecule has 0 saturated heterocycles. The summed E-state index contributed by atoms with van der Waals surface area (Å²) in [5.74, 6) is 0.0620. The molecule has 1 N–H and O–H groups in total. The van der Waals surface area contributed by atoms with Crippen LogP contribution in [0.25, 0.3) is 5.00 Å². The van der Waals surface area contributed by atoms with E-state index in [9.17, 15) is 9.59 Å². The van der Waals surface area contributed by atoms with E-state index in [1.165, 1.54) is 4.88 Å². The molecule has 7 nitrogen and oxygen atoms in total. The van der Waals surface area contributed by atoms with E-state index in [1.807, 2.05) is 32.9 Å². The molecule has 1 aromatic carbocycles. The van der Waals surface area contributed by atoms with E-state index in [0.29, 0.717) is 23.5 Å². The molecule has 0 unspecified atom stereocenters. The Morgan fingerprint density at radius 2 is 2.00 bits per heavy atom. The summed E-state index contributed by atoms with van der Waals surface area (Å²) in [6.07, 6.45) is 5.77. The monoisotopic (exact) mass is 605 g/mol. The number of esters is 1. The molecule has 3 aromatic rings. The van der Waals surface area contributed by atoms with Crippen LogP contribution in [0.1, 0.15) is 67.9 Å². The van der Waals surface area contributed by atoms with E-state index in [4.69, 9.17) is 9.47 Å². The van der Waals surface area contributed by atoms with E-state index in [0.717, 1.165) is 56.8 Å². The van der Waals surface area contributed by atoms with Crippen LogP contribution >= 0.6 is 33.9 Å². The molecule has 9 heteroatoms. The van der Waals surface area contributed by atoms with Gasteiger partial charge in [-0.05, 0) is 98.9 Å². The number of methoxy groups -OCH3 is 1. The number of fused-ring (bicyclic) bond motifs is 1. The van der Waals surface area contributed by atoms with Crippen LogP contribution in [0.3, 0.4) is 0 Å². The van der Waals surface area contributed by atoms with Crippen molar-refractivity contribution in [3.05, 3.63) is 66.4 Å². The zero-order valence-corrected chi connectivity index (χ0v) is 23.2. The molecule has 2 aromatic heterocycles. The molecule has 2 heterocycles. The predicted octanol–water partition coefficient (Wildman–Crippen LogP) is 5.59. The number of aromatic nitrogens is 1. The Morgan fingerprint density at radius 1 is 1.23 bits per heavy atom. The third-order valence-electron chi connectivity index (χ3n) is 6.09. The molecule has 0 atom stereocenters. The van der Waals surface area contributed by atoms with Crippen LogP contribution in [0.2, 0.25) is 0 Å². The van der Waals surface area contributed by atoms with E-state index >= 15 is 0 Å². The first kappa shape index (κ1) is 25.4. The Balaban J connectivity index is 1.62. The first-order chi connectivity index (χ1) is 16.8. The van der Waals surface area contributed by atoms with Crippen molar-refractivity contribution in [3.63, 3.8) is 0 Å². The van der Waals surface area contributed by atoms with Gasteiger partial charge in [0.2, 0.25) is 0 Å². The van der Waals surface area contributed by atoms with Crippen molar-refractivity contribution >= 4 is 52.0 Å². The number of hydrazone groups is 1. The lowest BCUT2D eigenvalue weighted by molar-refractivity contribution is 0.0525. The van der Waals surface area contributed by atoms with Gasteiger partial charge in [0.1, 0.15) is 10.8 Å². The fourth-order valence-electron chi connectivity index (χ4n) is 4.38. The molecule has 1 amide bonds. The molecule has 0 fully saturated rings. The fourth-order valence-corrected chi connectivity index (χ4v) is 6.42. The smallest absolute Gasteiger partial charge is 0.341 e. The van der Waals surface area contributed by atoms with E-state index in [1.54, 1.807) is 36.8 Å². The minimum absolute atomic E-state index is 0.259. The van der Waals surface area contributed by atoms with E-state index in [-0.39, 0.29) is 11.9 Å². The van der Waals surface area contributed by atoms with Gasteiger partial charge in [0, 0.05) is 27.4 Å². The number of nitrogens with one attached hydrogen (secondary N) is 1. The van der Waals surface area contributed by atoms with Crippen LogP contribution in [-0.4, -0.2) is 36.4 Å². The number of amides is 1. The number of carbonyl (C=O) groups is 2. The van der Waals surface area contributed by atoms with E-state index < -0.39 is 0 Å². The number of halogens is 1. The largest absolute Gasteiger partial charge is 0.496 e. The van der Waals surface area contributed by atoms with Gasteiger partial charge in [-0.3, -0.25) is 4.79 Å². The topological polar surface area (TPSA) is 81.9 Å². The molecule has 35 heavy (non-hydrogen) atoms. The van der Waals surface area contributed by atoms with Crippen LogP contribution in [0.15, 0.2) is 29.4 Å². The lowest BCUT2D eigenvalue weighted by atomic mass is 9.95. The number of benzene rings is 1. The van der Waals surface area contributed by atoms with Gasteiger partial charge in [0.05, 0.1) is 29.1 Å². The van der Waals surface area contributed by atoms with Crippen molar-refractivity contribution in [2.24, 2.45) is 5.10 Å². The van der Waals surface area contributed by atoms with Gasteiger partial charge in [-0.25, -0.2) is 10.2 Å². The maximum absolute atomic E-state index is 12.9. The number of ether oxygens (including phenoxy) is 2. The summed E-state index contributed by atoms with van der Waals surface area (Å²) in [5.41, 5.74) is 7.68. The zero-order valence-electron chi connectivity index (χ0n) is 20.2. The van der Waals surface area contributed by atoms with Crippen molar-refractivity contribution in [1.82, 2.24) is 9.99 Å². The van der Waals surface area contributed by atoms with Crippen molar-refractivity contribution in [2.45, 2.75) is 46.5 Å². The summed E-state index contributed by atoms with van der Waals surface area (Å²) >= 11 is 3.83. The standard InChI is InChI=1S/C26H28IN3O4S/c1-5-34-26(32)23-19-8-6-7-9-22(19)35-25(23)30-15(2)12-18(16(30)3)14-28-29-24(31)17-10-11-20(27)21(13-17)33-4/h10-14H,5-9H2,1-4H3,(H,29,31). The Bertz CT molecular complexity index is 1310. The molecule has 1 aliphatic rings. The van der Waals surface area contributed by atoms with Crippen molar-refractivity contribution < 1.29 is 19.1 Å². The van der Waals surface area contributed by atoms with Crippen LogP contribution in [0.4, 0.5) is 0 Å². The second-order valence-electron chi connectivity index (χ2n) is 8.32. The summed E-state index contributed by atoms with van der Waals surface area (Å²) in [5, 5.41) is 5.09. The average Bonchev–Trinajstić information content (AvgIpc) is 3.35. The zero-order chi connectivity index (χ0) is 25.1. The number of hydrogen-bond acceptors (Lipinski definition) is 6. The molecule has 0 radical (unpaired) electrons. The first-order valence-corrected chi connectivity index (χ1v) is 13.4. The highest BCUT2D eigenvalue weighted by Crippen LogP contribution is 2.39. The highest BCUT2D eigenvalue weighted by Gasteiger charge is 2.28. The summed E-state index contributed by atoms with van der Waals surface area (Å²) in [6, 6.07) is 7.25. The fraction of sp³-hybridized carbons (Fsp3) is 0.346. The van der Waals surface area contributed by atoms with Crippen LogP contribution in [0.5, 0.6) is 5.75 Å². The van der Waals surface area contributed by atoms with Crippen molar-refractivity contribution in [3.8, 4) is 10.8 Å². The van der Waals surface area contributed by atoms with Crippen LogP contribution in [0, 0.1) is 17.4 Å². The van der Waals surface area contributed by atoms with Gasteiger partial charge < -0.3 is 14.0 Å². The number of thiophene rings is 1. The SMILES string of the molecule is CCOC(=O)c1c(-n2c(C)cc(C=NNC(=O)c3ccc(I)c(OC)c3)c2C)sc2c1CCCC2. The quantitative estimate of drug-likeness (QED) is 0.165. The molecule has 0 saturated carbocycles. The molecule has 0 bridgehead atoms. The Hall–Kier alpha value is -2.66. The number of hydrogen-bond donors (Lipinski definition) is 1. The Labute approximate surface area is 222 Å². The first-order valence-electron chi connectivity index (χ1n) is 11.5. The van der Waals surface area contributed by atoms with Crippen molar-refractivity contribution in [2.75, 3.05) is 13.7 Å². The molecule has 0 spiro atoms. The minimum Gasteiger partial charge on any atom is -0.496 e. The second-order valence-corrected chi connectivity index (χ2v) is 10.6. The molecular weight excluding hydrogens is 577 g/mol. The van der Waals surface area contributed by atoms with Crippen LogP contribution in [-0.2, 0) is 17.6 Å². The van der Waals surface area contributed by atoms with Gasteiger partial charge in [-0.2, -0.15) is 5.10 Å². The molecule has 1 aliphatic carbocycles. The van der Waals surface area contributed by atoms with Crippen molar-refractivity contribution in [1.29, 1.82) is 0 Å². The third-order valence-corrected chi connectivity index (χ3v) is 8.26. The minimum atomic E-state index is -0.319. The van der Waals surface area contributed by atoms with Gasteiger partial charge in [-0.15, -0.1) is 11.3 Å². The van der Waals surface area contributed by atoms with Gasteiger partial charge in [0.15, 0.2) is 0 Å². The normalized spacial score (nSPS) is 13.1. The molecule has 4 rings (SSSR count). The number of nitrogens with zero attached hydrogens (tertiary/aromatic N) is 2. The number of aryl methyl sites for hydroxylation is 2. The number of rotatable bonds is 7.